The van der Waals surface area contributed by atoms with E-state index < -0.39 is 0 Å². The average Bonchev–Trinajstić information content (AvgIpc) is 2.82. The van der Waals surface area contributed by atoms with Gasteiger partial charge in [-0.05, 0) is 5.56 Å². The zero-order valence-electron chi connectivity index (χ0n) is 11.5. The van der Waals surface area contributed by atoms with Crippen molar-refractivity contribution >= 4 is 5.65 Å². The van der Waals surface area contributed by atoms with Crippen molar-refractivity contribution in [3.8, 4) is 11.1 Å². The summed E-state index contributed by atoms with van der Waals surface area (Å²) in [5, 5.41) is 4.62. The van der Waals surface area contributed by atoms with E-state index in [0.717, 1.165) is 22.5 Å². The lowest BCUT2D eigenvalue weighted by molar-refractivity contribution is 0.562. The van der Waals surface area contributed by atoms with Crippen LogP contribution < -0.4 is 0 Å². The highest BCUT2D eigenvalue weighted by atomic mass is 15.2. The van der Waals surface area contributed by atoms with E-state index in [4.69, 9.17) is 0 Å². The van der Waals surface area contributed by atoms with E-state index in [-0.39, 0.29) is 5.41 Å². The van der Waals surface area contributed by atoms with E-state index in [9.17, 15) is 0 Å². The quantitative estimate of drug-likeness (QED) is 0.660. The van der Waals surface area contributed by atoms with Gasteiger partial charge in [0.2, 0.25) is 0 Å². The lowest BCUT2D eigenvalue weighted by atomic mass is 9.93. The van der Waals surface area contributed by atoms with Gasteiger partial charge < -0.3 is 0 Å². The first kappa shape index (κ1) is 11.9. The molecule has 0 aliphatic rings. The Hall–Kier alpha value is -2.16. The van der Waals surface area contributed by atoms with Gasteiger partial charge in [-0.25, -0.2) is 9.50 Å². The third kappa shape index (κ3) is 2.24. The molecule has 2 aromatic heterocycles. The standard InChI is InChI=1S/C16H17N3/c1-16(2,3)14-9-15-17-10-13(11-19(15)18-14)12-7-5-4-6-8-12/h4-11H,1-3H3. The van der Waals surface area contributed by atoms with Crippen molar-refractivity contribution in [1.29, 1.82) is 0 Å². The molecule has 0 amide bonds. The van der Waals surface area contributed by atoms with Crippen LogP contribution in [-0.2, 0) is 5.41 Å². The minimum atomic E-state index is 0.0423. The monoisotopic (exact) mass is 251 g/mol. The maximum absolute atomic E-state index is 4.62. The number of hydrogen-bond acceptors (Lipinski definition) is 2. The van der Waals surface area contributed by atoms with Crippen molar-refractivity contribution in [3.05, 3.63) is 54.5 Å². The molecule has 0 radical (unpaired) electrons. The van der Waals surface area contributed by atoms with Crippen LogP contribution in [0, 0.1) is 0 Å². The molecule has 96 valence electrons. The molecule has 1 aromatic carbocycles. The third-order valence-corrected chi connectivity index (χ3v) is 3.19. The molecule has 0 aliphatic carbocycles. The van der Waals surface area contributed by atoms with E-state index in [2.05, 4.69) is 49.1 Å². The van der Waals surface area contributed by atoms with Gasteiger partial charge in [0.25, 0.3) is 0 Å². The Labute approximate surface area is 112 Å². The maximum atomic E-state index is 4.62. The van der Waals surface area contributed by atoms with E-state index in [0.29, 0.717) is 0 Å². The molecule has 3 heteroatoms. The molecule has 0 spiro atoms. The molecular formula is C16H17N3. The third-order valence-electron chi connectivity index (χ3n) is 3.19. The minimum Gasteiger partial charge on any atom is -0.236 e. The Morgan fingerprint density at radius 2 is 1.74 bits per heavy atom. The number of fused-ring (bicyclic) bond motifs is 1. The Kier molecular flexibility index (Phi) is 2.63. The van der Waals surface area contributed by atoms with Gasteiger partial charge in [0.15, 0.2) is 5.65 Å². The topological polar surface area (TPSA) is 30.2 Å². The summed E-state index contributed by atoms with van der Waals surface area (Å²) in [5.41, 5.74) is 4.23. The van der Waals surface area contributed by atoms with Crippen molar-refractivity contribution in [2.24, 2.45) is 0 Å². The fraction of sp³-hybridized carbons (Fsp3) is 0.250. The minimum absolute atomic E-state index is 0.0423. The van der Waals surface area contributed by atoms with Crippen LogP contribution in [0.25, 0.3) is 16.8 Å². The average molecular weight is 251 g/mol. The number of aromatic nitrogens is 3. The summed E-state index contributed by atoms with van der Waals surface area (Å²) in [6.07, 6.45) is 3.94. The highest BCUT2D eigenvalue weighted by Gasteiger charge is 2.18. The molecule has 0 bridgehead atoms. The van der Waals surface area contributed by atoms with Crippen LogP contribution in [0.5, 0.6) is 0 Å². The summed E-state index contributed by atoms with van der Waals surface area (Å²) in [6, 6.07) is 12.3. The second kappa shape index (κ2) is 4.19. The maximum Gasteiger partial charge on any atom is 0.155 e. The first-order valence-corrected chi connectivity index (χ1v) is 6.45. The number of benzene rings is 1. The van der Waals surface area contributed by atoms with Gasteiger partial charge in [-0.3, -0.25) is 0 Å². The highest BCUT2D eigenvalue weighted by Crippen LogP contribution is 2.23. The van der Waals surface area contributed by atoms with Crippen LogP contribution in [0.1, 0.15) is 26.5 Å². The molecule has 2 heterocycles. The molecule has 0 aliphatic heterocycles. The van der Waals surface area contributed by atoms with E-state index in [1.165, 1.54) is 0 Å². The van der Waals surface area contributed by atoms with Crippen LogP contribution in [0.3, 0.4) is 0 Å². The van der Waals surface area contributed by atoms with Gasteiger partial charge in [-0.2, -0.15) is 5.10 Å². The first-order chi connectivity index (χ1) is 9.04. The van der Waals surface area contributed by atoms with Crippen LogP contribution in [-0.4, -0.2) is 14.6 Å². The van der Waals surface area contributed by atoms with Crippen molar-refractivity contribution in [3.63, 3.8) is 0 Å². The Morgan fingerprint density at radius 3 is 2.42 bits per heavy atom. The largest absolute Gasteiger partial charge is 0.236 e. The predicted molar refractivity (Wildman–Crippen MR) is 77.1 cm³/mol. The molecule has 0 saturated heterocycles. The summed E-state index contributed by atoms with van der Waals surface area (Å²) in [7, 11) is 0. The molecule has 0 saturated carbocycles. The normalized spacial score (nSPS) is 11.9. The second-order valence-corrected chi connectivity index (χ2v) is 5.79. The fourth-order valence-corrected chi connectivity index (χ4v) is 2.02. The van der Waals surface area contributed by atoms with Crippen molar-refractivity contribution in [2.45, 2.75) is 26.2 Å². The fourth-order valence-electron chi connectivity index (χ4n) is 2.02. The molecule has 3 nitrogen and oxygen atoms in total. The van der Waals surface area contributed by atoms with Crippen molar-refractivity contribution < 1.29 is 0 Å². The predicted octanol–water partition coefficient (Wildman–Crippen LogP) is 3.69. The summed E-state index contributed by atoms with van der Waals surface area (Å²) in [6.45, 7) is 6.48. The van der Waals surface area contributed by atoms with Gasteiger partial charge in [0.1, 0.15) is 0 Å². The van der Waals surface area contributed by atoms with Crippen molar-refractivity contribution in [1.82, 2.24) is 14.6 Å². The Bertz CT molecular complexity index is 706. The molecule has 19 heavy (non-hydrogen) atoms. The summed E-state index contributed by atoms with van der Waals surface area (Å²) >= 11 is 0. The number of nitrogens with zero attached hydrogens (tertiary/aromatic N) is 3. The second-order valence-electron chi connectivity index (χ2n) is 5.79. The SMILES string of the molecule is CC(C)(C)c1cc2ncc(-c3ccccc3)cn2n1. The number of hydrogen-bond donors (Lipinski definition) is 0. The summed E-state index contributed by atoms with van der Waals surface area (Å²) in [5.74, 6) is 0. The number of rotatable bonds is 1. The lowest BCUT2D eigenvalue weighted by Gasteiger charge is -2.13. The molecule has 0 unspecified atom stereocenters. The highest BCUT2D eigenvalue weighted by molar-refractivity contribution is 5.62. The molecule has 0 atom stereocenters. The zero-order chi connectivity index (χ0) is 13.5. The first-order valence-electron chi connectivity index (χ1n) is 6.45. The Balaban J connectivity index is 2.11. The van der Waals surface area contributed by atoms with Crippen LogP contribution in [0.4, 0.5) is 0 Å². The van der Waals surface area contributed by atoms with E-state index in [1.807, 2.05) is 35.1 Å². The van der Waals surface area contributed by atoms with Gasteiger partial charge in [0.05, 0.1) is 5.69 Å². The molecule has 3 aromatic rings. The molecule has 0 N–H and O–H groups in total. The van der Waals surface area contributed by atoms with Crippen LogP contribution in [0.15, 0.2) is 48.8 Å². The van der Waals surface area contributed by atoms with E-state index >= 15 is 0 Å². The molecule has 0 fully saturated rings. The smallest absolute Gasteiger partial charge is 0.155 e. The van der Waals surface area contributed by atoms with Gasteiger partial charge in [0, 0.05) is 29.4 Å². The zero-order valence-corrected chi connectivity index (χ0v) is 11.5. The lowest BCUT2D eigenvalue weighted by Crippen LogP contribution is -2.11. The van der Waals surface area contributed by atoms with Crippen molar-refractivity contribution in [2.75, 3.05) is 0 Å². The van der Waals surface area contributed by atoms with Gasteiger partial charge in [-0.1, -0.05) is 51.1 Å². The molecular weight excluding hydrogens is 234 g/mol. The van der Waals surface area contributed by atoms with Gasteiger partial charge in [-0.15, -0.1) is 0 Å². The van der Waals surface area contributed by atoms with E-state index in [1.54, 1.807) is 0 Å². The summed E-state index contributed by atoms with van der Waals surface area (Å²) in [4.78, 5) is 4.49. The van der Waals surface area contributed by atoms with Crippen LogP contribution >= 0.6 is 0 Å². The van der Waals surface area contributed by atoms with Gasteiger partial charge >= 0.3 is 0 Å². The summed E-state index contributed by atoms with van der Waals surface area (Å²) < 4.78 is 1.86. The Morgan fingerprint density at radius 1 is 1.00 bits per heavy atom. The molecule has 3 rings (SSSR count). The van der Waals surface area contributed by atoms with Crippen LogP contribution in [0.2, 0.25) is 0 Å².